The second-order valence-corrected chi connectivity index (χ2v) is 6.37. The molecule has 0 aliphatic rings. The number of hydrogen-bond acceptors (Lipinski definition) is 2. The van der Waals surface area contributed by atoms with Crippen LogP contribution in [0.15, 0.2) is 18.3 Å². The van der Waals surface area contributed by atoms with Crippen molar-refractivity contribution < 1.29 is 21.3 Å². The molecule has 0 unspecified atom stereocenters. The summed E-state index contributed by atoms with van der Waals surface area (Å²) in [5.41, 5.74) is 2.36. The molecule has 0 fully saturated rings. The van der Waals surface area contributed by atoms with Crippen molar-refractivity contribution in [2.75, 3.05) is 14.1 Å². The maximum atomic E-state index is 9.43. The summed E-state index contributed by atoms with van der Waals surface area (Å²) in [6, 6.07) is 4.05. The molecule has 1 aromatic heterocycles. The molecule has 0 spiro atoms. The van der Waals surface area contributed by atoms with Crippen molar-refractivity contribution in [3.63, 3.8) is 0 Å². The number of aromatic nitrogens is 1. The normalized spacial score (nSPS) is 8.12. The fourth-order valence-corrected chi connectivity index (χ4v) is 0.687. The number of hydrogen-bond donors (Lipinski definition) is 0. The Labute approximate surface area is 114 Å². The van der Waals surface area contributed by atoms with E-state index in [9.17, 15) is 4.79 Å². The van der Waals surface area contributed by atoms with Gasteiger partial charge in [-0.25, -0.2) is 0 Å². The van der Waals surface area contributed by atoms with Gasteiger partial charge in [0.15, 0.2) is 0 Å². The van der Waals surface area contributed by atoms with Crippen LogP contribution in [-0.4, -0.2) is 30.4 Å². The van der Waals surface area contributed by atoms with E-state index in [0.717, 1.165) is 12.1 Å². The molecular weight excluding hydrogens is 430 g/mol. The van der Waals surface area contributed by atoms with Crippen LogP contribution in [0.4, 0.5) is 0 Å². The first-order chi connectivity index (χ1) is 7.47. The third-order valence-corrected chi connectivity index (χ3v) is 1.26. The van der Waals surface area contributed by atoms with Gasteiger partial charge in [0, 0.05) is 26.0 Å². The third-order valence-electron chi connectivity index (χ3n) is 1.26. The number of carbonyl (C=O) groups is 1. The van der Waals surface area contributed by atoms with Gasteiger partial charge in [0.05, 0.1) is 0 Å². The average molecular weight is 446 g/mol. The van der Waals surface area contributed by atoms with Gasteiger partial charge in [0.25, 0.3) is 0 Å². The third kappa shape index (κ3) is 16.3. The SMILES string of the molecule is CN(C)C=O.Cc1ccnc(C)c1.[Cl][Pt][Cl]. The van der Waals surface area contributed by atoms with Gasteiger partial charge in [-0.1, -0.05) is 0 Å². The standard InChI is InChI=1S/C7H9N.C3H7NO.2ClH.Pt/c1-6-3-4-8-7(2)5-6;1-4(2)3-5;;;/h3-5H,1-2H3;3H,1-2H3;2*1H;/q;;;;+2/p-2. The van der Waals surface area contributed by atoms with Gasteiger partial charge in [-0.3, -0.25) is 9.78 Å². The molecule has 16 heavy (non-hydrogen) atoms. The van der Waals surface area contributed by atoms with Gasteiger partial charge in [-0.15, -0.1) is 0 Å². The molecule has 0 aliphatic carbocycles. The van der Waals surface area contributed by atoms with Crippen LogP contribution in [0.3, 0.4) is 0 Å². The van der Waals surface area contributed by atoms with Crippen molar-refractivity contribution in [3.05, 3.63) is 29.6 Å². The van der Waals surface area contributed by atoms with Gasteiger partial charge < -0.3 is 4.90 Å². The quantitative estimate of drug-likeness (QED) is 0.622. The summed E-state index contributed by atoms with van der Waals surface area (Å²) < 4.78 is 0. The molecule has 6 heteroatoms. The van der Waals surface area contributed by atoms with Crippen LogP contribution in [-0.2, 0) is 21.3 Å². The molecule has 1 heterocycles. The van der Waals surface area contributed by atoms with E-state index in [1.54, 1.807) is 14.1 Å². The second-order valence-electron chi connectivity index (χ2n) is 3.09. The molecule has 1 aromatic rings. The Bertz CT molecular complexity index is 268. The van der Waals surface area contributed by atoms with Crippen LogP contribution in [0.2, 0.25) is 0 Å². The number of aryl methyl sites for hydroxylation is 2. The van der Waals surface area contributed by atoms with Crippen molar-refractivity contribution >= 4 is 25.2 Å². The van der Waals surface area contributed by atoms with Crippen molar-refractivity contribution in [1.82, 2.24) is 9.88 Å². The zero-order valence-electron chi connectivity index (χ0n) is 9.68. The minimum absolute atomic E-state index is 0.472. The predicted octanol–water partition coefficient (Wildman–Crippen LogP) is 2.78. The van der Waals surface area contributed by atoms with E-state index in [4.69, 9.17) is 18.8 Å². The summed E-state index contributed by atoms with van der Waals surface area (Å²) in [7, 11) is 13.1. The number of pyridine rings is 1. The molecule has 96 valence electrons. The summed E-state index contributed by atoms with van der Waals surface area (Å²) in [5, 5.41) is 0. The van der Waals surface area contributed by atoms with E-state index < -0.39 is 16.5 Å². The van der Waals surface area contributed by atoms with Crippen molar-refractivity contribution in [3.8, 4) is 0 Å². The van der Waals surface area contributed by atoms with E-state index in [0.29, 0.717) is 0 Å². The van der Waals surface area contributed by atoms with Crippen LogP contribution < -0.4 is 0 Å². The first-order valence-electron chi connectivity index (χ1n) is 4.31. The van der Waals surface area contributed by atoms with Gasteiger partial charge in [0.1, 0.15) is 0 Å². The van der Waals surface area contributed by atoms with E-state index in [1.165, 1.54) is 10.5 Å². The van der Waals surface area contributed by atoms with Crippen LogP contribution in [0.1, 0.15) is 11.3 Å². The molecule has 0 radical (unpaired) electrons. The van der Waals surface area contributed by atoms with E-state index in [1.807, 2.05) is 19.2 Å². The molecule has 0 saturated heterocycles. The average Bonchev–Trinajstić information content (AvgIpc) is 2.19. The monoisotopic (exact) mass is 445 g/mol. The molecule has 0 bridgehead atoms. The molecule has 0 aromatic carbocycles. The molecule has 0 atom stereocenters. The first kappa shape index (κ1) is 18.3. The Hall–Kier alpha value is -0.112. The number of amides is 1. The molecule has 0 N–H and O–H groups in total. The Morgan fingerprint density at radius 2 is 1.81 bits per heavy atom. The Morgan fingerprint density at radius 1 is 1.38 bits per heavy atom. The summed E-state index contributed by atoms with van der Waals surface area (Å²) in [4.78, 5) is 14.9. The van der Waals surface area contributed by atoms with Crippen molar-refractivity contribution in [2.45, 2.75) is 13.8 Å². The van der Waals surface area contributed by atoms with Gasteiger partial charge in [0.2, 0.25) is 6.41 Å². The number of rotatable bonds is 1. The summed E-state index contributed by atoms with van der Waals surface area (Å²) in [6.45, 7) is 4.06. The number of carbonyl (C=O) groups excluding carboxylic acids is 1. The summed E-state index contributed by atoms with van der Waals surface area (Å²) in [6.07, 6.45) is 2.57. The van der Waals surface area contributed by atoms with Gasteiger partial charge in [-0.05, 0) is 31.5 Å². The van der Waals surface area contributed by atoms with Crippen LogP contribution >= 0.6 is 18.8 Å². The van der Waals surface area contributed by atoms with Crippen molar-refractivity contribution in [1.29, 1.82) is 0 Å². The van der Waals surface area contributed by atoms with Crippen molar-refractivity contribution in [2.24, 2.45) is 0 Å². The zero-order chi connectivity index (χ0) is 13.0. The van der Waals surface area contributed by atoms with E-state index >= 15 is 0 Å². The predicted molar refractivity (Wildman–Crippen MR) is 65.2 cm³/mol. The minimum atomic E-state index is -0.472. The molecule has 1 amide bonds. The Kier molecular flexibility index (Phi) is 14.8. The van der Waals surface area contributed by atoms with E-state index in [2.05, 4.69) is 18.0 Å². The zero-order valence-corrected chi connectivity index (χ0v) is 13.5. The Morgan fingerprint density at radius 3 is 2.00 bits per heavy atom. The molecular formula is C10H16Cl2N2OPt. The van der Waals surface area contributed by atoms with Crippen LogP contribution in [0, 0.1) is 13.8 Å². The van der Waals surface area contributed by atoms with Crippen LogP contribution in [0.5, 0.6) is 0 Å². The fraction of sp³-hybridized carbons (Fsp3) is 0.400. The second kappa shape index (κ2) is 13.0. The molecule has 1 rings (SSSR count). The van der Waals surface area contributed by atoms with Gasteiger partial charge in [-0.2, -0.15) is 0 Å². The topological polar surface area (TPSA) is 33.2 Å². The summed E-state index contributed by atoms with van der Waals surface area (Å²) >= 11 is -0.472. The van der Waals surface area contributed by atoms with E-state index in [-0.39, 0.29) is 0 Å². The molecule has 3 nitrogen and oxygen atoms in total. The molecule has 0 aliphatic heterocycles. The molecule has 0 saturated carbocycles. The number of nitrogens with zero attached hydrogens (tertiary/aromatic N) is 2. The maximum absolute atomic E-state index is 9.43. The first-order valence-corrected chi connectivity index (χ1v) is 9.94. The summed E-state index contributed by atoms with van der Waals surface area (Å²) in [5.74, 6) is 0. The van der Waals surface area contributed by atoms with Crippen LogP contribution in [0.25, 0.3) is 0 Å². The fourth-order valence-electron chi connectivity index (χ4n) is 0.687. The Balaban J connectivity index is 0. The van der Waals surface area contributed by atoms with Gasteiger partial charge >= 0.3 is 35.3 Å². The number of halogens is 2.